The summed E-state index contributed by atoms with van der Waals surface area (Å²) in [7, 11) is 0. The first-order valence-corrected chi connectivity index (χ1v) is 6.67. The monoisotopic (exact) mass is 294 g/mol. The smallest absolute Gasteiger partial charge is 0.370 e. The van der Waals surface area contributed by atoms with Crippen molar-refractivity contribution in [3.63, 3.8) is 0 Å². The predicted octanol–water partition coefficient (Wildman–Crippen LogP) is 2.11. The molecule has 2 heterocycles. The number of thiazole rings is 1. The minimum absolute atomic E-state index is 0.000193. The Morgan fingerprint density at radius 2 is 2.16 bits per heavy atom. The third kappa shape index (κ3) is 3.99. The number of hydrogen-bond donors (Lipinski definition) is 1. The molecular formula is C11H13F3N2O2S. The molecule has 1 aliphatic rings. The Morgan fingerprint density at radius 3 is 2.74 bits per heavy atom. The van der Waals surface area contributed by atoms with Crippen LogP contribution < -0.4 is 5.32 Å². The summed E-state index contributed by atoms with van der Waals surface area (Å²) in [6.45, 7) is 1.47. The second kappa shape index (κ2) is 5.98. The number of piperidine rings is 1. The molecule has 4 nitrogen and oxygen atoms in total. The highest BCUT2D eigenvalue weighted by Gasteiger charge is 2.35. The number of ether oxygens (including phenoxy) is 1. The Labute approximate surface area is 112 Å². The molecule has 0 amide bonds. The Kier molecular flexibility index (Phi) is 4.54. The highest BCUT2D eigenvalue weighted by molar-refractivity contribution is 7.13. The molecule has 0 radical (unpaired) electrons. The molecule has 0 saturated carbocycles. The van der Waals surface area contributed by atoms with Crippen LogP contribution in [0.25, 0.3) is 0 Å². The van der Waals surface area contributed by atoms with Crippen LogP contribution in [0.2, 0.25) is 0 Å². The van der Waals surface area contributed by atoms with Crippen molar-refractivity contribution < 1.29 is 22.7 Å². The van der Waals surface area contributed by atoms with Crippen molar-refractivity contribution in [1.29, 1.82) is 0 Å². The third-order valence-electron chi connectivity index (χ3n) is 2.76. The fraction of sp³-hybridized carbons (Fsp3) is 0.636. The minimum Gasteiger partial charge on any atom is -0.370 e. The van der Waals surface area contributed by atoms with Gasteiger partial charge < -0.3 is 10.1 Å². The van der Waals surface area contributed by atoms with Crippen LogP contribution in [-0.2, 0) is 10.9 Å². The molecule has 0 unspecified atom stereocenters. The van der Waals surface area contributed by atoms with E-state index in [0.29, 0.717) is 11.3 Å². The van der Waals surface area contributed by atoms with Gasteiger partial charge >= 0.3 is 6.18 Å². The van der Waals surface area contributed by atoms with Gasteiger partial charge in [-0.3, -0.25) is 4.79 Å². The van der Waals surface area contributed by atoms with Crippen LogP contribution >= 0.6 is 11.3 Å². The normalized spacial score (nSPS) is 17.6. The van der Waals surface area contributed by atoms with Crippen molar-refractivity contribution >= 4 is 17.1 Å². The predicted molar refractivity (Wildman–Crippen MR) is 63.3 cm³/mol. The molecule has 106 valence electrons. The van der Waals surface area contributed by atoms with E-state index in [1.807, 2.05) is 0 Å². The number of rotatable bonds is 4. The number of alkyl halides is 3. The van der Waals surface area contributed by atoms with Crippen molar-refractivity contribution in [2.24, 2.45) is 0 Å². The summed E-state index contributed by atoms with van der Waals surface area (Å²) in [6, 6.07) is 0. The van der Waals surface area contributed by atoms with Crippen LogP contribution in [0.15, 0.2) is 6.20 Å². The average molecular weight is 294 g/mol. The number of ketones is 1. The summed E-state index contributed by atoms with van der Waals surface area (Å²) in [5.74, 6) is -0.452. The number of nitrogens with one attached hydrogen (secondary N) is 1. The van der Waals surface area contributed by atoms with Crippen LogP contribution in [0.4, 0.5) is 13.2 Å². The Balaban J connectivity index is 1.87. The molecule has 0 atom stereocenters. The molecule has 19 heavy (non-hydrogen) atoms. The van der Waals surface area contributed by atoms with Crippen molar-refractivity contribution in [2.45, 2.75) is 25.1 Å². The molecular weight excluding hydrogens is 281 g/mol. The first kappa shape index (κ1) is 14.4. The number of nitrogens with zero attached hydrogens (tertiary/aromatic N) is 1. The topological polar surface area (TPSA) is 51.2 Å². The zero-order valence-electron chi connectivity index (χ0n) is 10.00. The highest BCUT2D eigenvalue weighted by Crippen LogP contribution is 2.32. The second-order valence-electron chi connectivity index (χ2n) is 4.21. The lowest BCUT2D eigenvalue weighted by molar-refractivity contribution is -0.137. The fourth-order valence-corrected chi connectivity index (χ4v) is 2.47. The lowest BCUT2D eigenvalue weighted by Gasteiger charge is -2.22. The Bertz CT molecular complexity index is 441. The average Bonchev–Trinajstić information content (AvgIpc) is 2.87. The zero-order chi connectivity index (χ0) is 13.9. The van der Waals surface area contributed by atoms with Crippen LogP contribution in [0, 0.1) is 0 Å². The lowest BCUT2D eigenvalue weighted by Crippen LogP contribution is -2.33. The molecule has 0 aromatic carbocycles. The molecule has 1 N–H and O–H groups in total. The zero-order valence-corrected chi connectivity index (χ0v) is 10.8. The largest absolute Gasteiger partial charge is 0.443 e. The maximum Gasteiger partial charge on any atom is 0.443 e. The van der Waals surface area contributed by atoms with Gasteiger partial charge in [0.25, 0.3) is 0 Å². The van der Waals surface area contributed by atoms with Crippen molar-refractivity contribution in [1.82, 2.24) is 10.3 Å². The summed E-state index contributed by atoms with van der Waals surface area (Å²) >= 11 is 0.357. The van der Waals surface area contributed by atoms with Gasteiger partial charge in [-0.25, -0.2) is 4.98 Å². The standard InChI is InChI=1S/C11H13F3N2O2S/c12-11(13,14)10-16-5-9(19-10)8(17)6-18-7-1-3-15-4-2-7/h5,7,15H,1-4,6H2. The van der Waals surface area contributed by atoms with Crippen LogP contribution in [0.3, 0.4) is 0 Å². The number of halogens is 3. The first-order chi connectivity index (χ1) is 8.97. The Morgan fingerprint density at radius 1 is 1.47 bits per heavy atom. The van der Waals surface area contributed by atoms with E-state index in [4.69, 9.17) is 4.74 Å². The van der Waals surface area contributed by atoms with Gasteiger partial charge in [0.2, 0.25) is 0 Å². The van der Waals surface area contributed by atoms with E-state index in [2.05, 4.69) is 10.3 Å². The molecule has 1 aliphatic heterocycles. The van der Waals surface area contributed by atoms with E-state index in [1.54, 1.807) is 0 Å². The van der Waals surface area contributed by atoms with E-state index >= 15 is 0 Å². The van der Waals surface area contributed by atoms with E-state index in [-0.39, 0.29) is 17.6 Å². The number of carbonyl (C=O) groups is 1. The molecule has 8 heteroatoms. The summed E-state index contributed by atoms with van der Waals surface area (Å²) < 4.78 is 42.4. The van der Waals surface area contributed by atoms with Gasteiger partial charge in [-0.2, -0.15) is 13.2 Å². The molecule has 1 fully saturated rings. The van der Waals surface area contributed by atoms with Gasteiger partial charge in [-0.05, 0) is 25.9 Å². The lowest BCUT2D eigenvalue weighted by atomic mass is 10.1. The molecule has 2 rings (SSSR count). The third-order valence-corrected chi connectivity index (χ3v) is 3.84. The van der Waals surface area contributed by atoms with E-state index in [9.17, 15) is 18.0 Å². The van der Waals surface area contributed by atoms with Gasteiger partial charge in [0.05, 0.1) is 11.0 Å². The van der Waals surface area contributed by atoms with Crippen LogP contribution in [0.5, 0.6) is 0 Å². The van der Waals surface area contributed by atoms with Gasteiger partial charge in [0.1, 0.15) is 6.61 Å². The summed E-state index contributed by atoms with van der Waals surface area (Å²) in [5, 5.41) is 2.15. The number of hydrogen-bond acceptors (Lipinski definition) is 5. The molecule has 1 aromatic rings. The minimum atomic E-state index is -4.50. The first-order valence-electron chi connectivity index (χ1n) is 5.85. The van der Waals surface area contributed by atoms with Gasteiger partial charge in [0, 0.05) is 6.20 Å². The van der Waals surface area contributed by atoms with Crippen molar-refractivity contribution in [3.8, 4) is 0 Å². The summed E-state index contributed by atoms with van der Waals surface area (Å²) in [4.78, 5) is 14.9. The van der Waals surface area contributed by atoms with Gasteiger partial charge in [-0.1, -0.05) is 0 Å². The molecule has 0 aliphatic carbocycles. The highest BCUT2D eigenvalue weighted by atomic mass is 32.1. The summed E-state index contributed by atoms with van der Waals surface area (Å²) in [5.41, 5.74) is 0. The number of aromatic nitrogens is 1. The number of Topliss-reactive ketones (excluding diaryl/α,β-unsaturated/α-hetero) is 1. The molecule has 0 spiro atoms. The summed E-state index contributed by atoms with van der Waals surface area (Å²) in [6.07, 6.45) is -1.92. The van der Waals surface area contributed by atoms with E-state index in [1.165, 1.54) is 0 Å². The van der Waals surface area contributed by atoms with E-state index in [0.717, 1.165) is 32.1 Å². The fourth-order valence-electron chi connectivity index (χ4n) is 1.76. The van der Waals surface area contributed by atoms with Crippen LogP contribution in [-0.4, -0.2) is 36.6 Å². The second-order valence-corrected chi connectivity index (χ2v) is 5.24. The van der Waals surface area contributed by atoms with E-state index < -0.39 is 17.0 Å². The quantitative estimate of drug-likeness (QED) is 0.864. The van der Waals surface area contributed by atoms with Gasteiger partial charge in [0.15, 0.2) is 10.8 Å². The molecule has 1 saturated heterocycles. The van der Waals surface area contributed by atoms with Crippen molar-refractivity contribution in [2.75, 3.05) is 19.7 Å². The maximum atomic E-state index is 12.3. The van der Waals surface area contributed by atoms with Gasteiger partial charge in [-0.15, -0.1) is 11.3 Å². The SMILES string of the molecule is O=C(COC1CCNCC1)c1cnc(C(F)(F)F)s1. The molecule has 1 aromatic heterocycles. The van der Waals surface area contributed by atoms with Crippen molar-refractivity contribution in [3.05, 3.63) is 16.1 Å². The van der Waals surface area contributed by atoms with Crippen LogP contribution in [0.1, 0.15) is 27.5 Å². The molecule has 0 bridgehead atoms. The maximum absolute atomic E-state index is 12.3. The Hall–Kier alpha value is -0.990. The number of carbonyl (C=O) groups excluding carboxylic acids is 1.